The standard InChI is InChI=1S/C11H14O3/c1-3-11-6-13-9(12)10(11,2)7-4-5-8(11)14-7/h4-5,7-8H,3,6H2,1-2H3. The molecule has 0 aromatic rings. The van der Waals surface area contributed by atoms with Crippen LogP contribution in [0.25, 0.3) is 0 Å². The minimum atomic E-state index is -0.443. The Bertz CT molecular complexity index is 335. The number of carbonyl (C=O) groups excluding carboxylic acids is 1. The molecule has 3 aliphatic heterocycles. The van der Waals surface area contributed by atoms with Gasteiger partial charge >= 0.3 is 5.97 Å². The molecule has 4 unspecified atom stereocenters. The smallest absolute Gasteiger partial charge is 0.315 e. The summed E-state index contributed by atoms with van der Waals surface area (Å²) in [6.45, 7) is 4.61. The summed E-state index contributed by atoms with van der Waals surface area (Å²) in [5.41, 5.74) is -0.551. The van der Waals surface area contributed by atoms with E-state index < -0.39 is 5.41 Å². The van der Waals surface area contributed by atoms with Gasteiger partial charge in [0.2, 0.25) is 0 Å². The minimum Gasteiger partial charge on any atom is -0.464 e. The Kier molecular flexibility index (Phi) is 1.34. The van der Waals surface area contributed by atoms with Crippen molar-refractivity contribution in [3.8, 4) is 0 Å². The third-order valence-corrected chi connectivity index (χ3v) is 4.42. The van der Waals surface area contributed by atoms with Crippen LogP contribution in [0, 0.1) is 10.8 Å². The van der Waals surface area contributed by atoms with Crippen molar-refractivity contribution >= 4 is 5.97 Å². The van der Waals surface area contributed by atoms with Gasteiger partial charge in [0, 0.05) is 0 Å². The van der Waals surface area contributed by atoms with Crippen LogP contribution in [0.5, 0.6) is 0 Å². The molecule has 3 heteroatoms. The Morgan fingerprint density at radius 1 is 1.50 bits per heavy atom. The number of hydrogen-bond acceptors (Lipinski definition) is 3. The van der Waals surface area contributed by atoms with Crippen LogP contribution in [0.2, 0.25) is 0 Å². The summed E-state index contributed by atoms with van der Waals surface area (Å²) in [7, 11) is 0. The van der Waals surface area contributed by atoms with Crippen LogP contribution in [0.1, 0.15) is 20.3 Å². The van der Waals surface area contributed by atoms with Crippen LogP contribution in [-0.4, -0.2) is 24.8 Å². The molecule has 76 valence electrons. The fraction of sp³-hybridized carbons (Fsp3) is 0.727. The molecule has 14 heavy (non-hydrogen) atoms. The van der Waals surface area contributed by atoms with Gasteiger partial charge in [-0.15, -0.1) is 0 Å². The molecule has 3 rings (SSSR count). The molecule has 0 aromatic heterocycles. The van der Waals surface area contributed by atoms with Gasteiger partial charge in [-0.25, -0.2) is 0 Å². The summed E-state index contributed by atoms with van der Waals surface area (Å²) < 4.78 is 11.0. The van der Waals surface area contributed by atoms with Gasteiger partial charge in [0.1, 0.15) is 12.0 Å². The predicted octanol–water partition coefficient (Wildman–Crippen LogP) is 1.28. The quantitative estimate of drug-likeness (QED) is 0.466. The molecule has 0 aliphatic carbocycles. The molecule has 0 spiro atoms. The van der Waals surface area contributed by atoms with E-state index in [1.807, 2.05) is 13.0 Å². The lowest BCUT2D eigenvalue weighted by molar-refractivity contribution is -0.148. The number of esters is 1. The van der Waals surface area contributed by atoms with E-state index in [-0.39, 0.29) is 23.6 Å². The van der Waals surface area contributed by atoms with Crippen molar-refractivity contribution in [3.05, 3.63) is 12.2 Å². The summed E-state index contributed by atoms with van der Waals surface area (Å²) in [5, 5.41) is 0. The fourth-order valence-corrected chi connectivity index (χ4v) is 3.24. The largest absolute Gasteiger partial charge is 0.464 e. The molecular formula is C11H14O3. The highest BCUT2D eigenvalue weighted by Crippen LogP contribution is 2.62. The first-order chi connectivity index (χ1) is 6.65. The third-order valence-electron chi connectivity index (χ3n) is 4.42. The van der Waals surface area contributed by atoms with Gasteiger partial charge in [-0.05, 0) is 13.3 Å². The van der Waals surface area contributed by atoms with Crippen molar-refractivity contribution in [2.45, 2.75) is 32.5 Å². The van der Waals surface area contributed by atoms with Crippen LogP contribution >= 0.6 is 0 Å². The first-order valence-corrected chi connectivity index (χ1v) is 5.16. The topological polar surface area (TPSA) is 35.5 Å². The van der Waals surface area contributed by atoms with Gasteiger partial charge in [-0.1, -0.05) is 19.1 Å². The number of rotatable bonds is 1. The van der Waals surface area contributed by atoms with Crippen LogP contribution in [-0.2, 0) is 14.3 Å². The SMILES string of the molecule is CCC12COC(=O)C1(C)C1C=CC2O1. The van der Waals surface area contributed by atoms with E-state index in [0.29, 0.717) is 6.61 Å². The van der Waals surface area contributed by atoms with Gasteiger partial charge in [-0.3, -0.25) is 4.79 Å². The number of fused-ring (bicyclic) bond motifs is 5. The Labute approximate surface area is 83.1 Å². The van der Waals surface area contributed by atoms with E-state index in [4.69, 9.17) is 9.47 Å². The molecule has 4 atom stereocenters. The summed E-state index contributed by atoms with van der Waals surface area (Å²) >= 11 is 0. The lowest BCUT2D eigenvalue weighted by Crippen LogP contribution is -2.47. The number of carbonyl (C=O) groups is 1. The molecule has 0 amide bonds. The molecule has 0 N–H and O–H groups in total. The van der Waals surface area contributed by atoms with Gasteiger partial charge in [0.15, 0.2) is 0 Å². The van der Waals surface area contributed by atoms with E-state index in [1.165, 1.54) is 0 Å². The predicted molar refractivity (Wildman–Crippen MR) is 49.6 cm³/mol. The van der Waals surface area contributed by atoms with E-state index in [2.05, 4.69) is 13.0 Å². The molecule has 2 bridgehead atoms. The van der Waals surface area contributed by atoms with Crippen molar-refractivity contribution in [2.24, 2.45) is 10.8 Å². The Hall–Kier alpha value is -0.830. The van der Waals surface area contributed by atoms with E-state index in [9.17, 15) is 4.79 Å². The van der Waals surface area contributed by atoms with Crippen molar-refractivity contribution in [2.75, 3.05) is 6.61 Å². The summed E-state index contributed by atoms with van der Waals surface area (Å²) in [4.78, 5) is 11.8. The Morgan fingerprint density at radius 2 is 2.21 bits per heavy atom. The maximum absolute atomic E-state index is 11.8. The lowest BCUT2D eigenvalue weighted by Gasteiger charge is -2.36. The number of ether oxygens (including phenoxy) is 2. The second kappa shape index (κ2) is 2.22. The highest BCUT2D eigenvalue weighted by atomic mass is 16.6. The van der Waals surface area contributed by atoms with E-state index in [1.54, 1.807) is 0 Å². The molecule has 2 fully saturated rings. The van der Waals surface area contributed by atoms with Crippen LogP contribution in [0.4, 0.5) is 0 Å². The summed E-state index contributed by atoms with van der Waals surface area (Å²) in [6, 6.07) is 0. The van der Waals surface area contributed by atoms with Gasteiger partial charge in [-0.2, -0.15) is 0 Å². The lowest BCUT2D eigenvalue weighted by atomic mass is 9.59. The maximum atomic E-state index is 11.8. The average molecular weight is 194 g/mol. The molecule has 3 heterocycles. The average Bonchev–Trinajstić information content (AvgIpc) is 2.80. The summed E-state index contributed by atoms with van der Waals surface area (Å²) in [5.74, 6) is -0.0869. The molecule has 0 aromatic carbocycles. The zero-order chi connectivity index (χ0) is 9.97. The number of hydrogen-bond donors (Lipinski definition) is 0. The molecule has 2 saturated heterocycles. The third kappa shape index (κ3) is 0.592. The molecule has 0 radical (unpaired) electrons. The highest BCUT2D eigenvalue weighted by Gasteiger charge is 2.72. The zero-order valence-corrected chi connectivity index (χ0v) is 8.45. The second-order valence-electron chi connectivity index (χ2n) is 4.65. The van der Waals surface area contributed by atoms with E-state index in [0.717, 1.165) is 6.42 Å². The van der Waals surface area contributed by atoms with Crippen molar-refractivity contribution in [3.63, 3.8) is 0 Å². The normalized spacial score (nSPS) is 53.7. The first-order valence-electron chi connectivity index (χ1n) is 5.16. The van der Waals surface area contributed by atoms with Crippen molar-refractivity contribution < 1.29 is 14.3 Å². The Balaban J connectivity index is 2.18. The van der Waals surface area contributed by atoms with Gasteiger partial charge < -0.3 is 9.47 Å². The minimum absolute atomic E-state index is 0.0672. The van der Waals surface area contributed by atoms with Crippen molar-refractivity contribution in [1.82, 2.24) is 0 Å². The van der Waals surface area contributed by atoms with E-state index >= 15 is 0 Å². The Morgan fingerprint density at radius 3 is 2.86 bits per heavy atom. The number of cyclic esters (lactones) is 1. The van der Waals surface area contributed by atoms with Crippen LogP contribution in [0.3, 0.4) is 0 Å². The van der Waals surface area contributed by atoms with Crippen LogP contribution < -0.4 is 0 Å². The maximum Gasteiger partial charge on any atom is 0.315 e. The molecule has 3 nitrogen and oxygen atoms in total. The highest BCUT2D eigenvalue weighted by molar-refractivity contribution is 5.82. The second-order valence-corrected chi connectivity index (χ2v) is 4.65. The monoisotopic (exact) mass is 194 g/mol. The fourth-order valence-electron chi connectivity index (χ4n) is 3.24. The zero-order valence-electron chi connectivity index (χ0n) is 8.45. The summed E-state index contributed by atoms with van der Waals surface area (Å²) in [6.07, 6.45) is 5.03. The molecular weight excluding hydrogens is 180 g/mol. The molecule has 3 aliphatic rings. The van der Waals surface area contributed by atoms with Gasteiger partial charge in [0.25, 0.3) is 0 Å². The first kappa shape index (κ1) is 8.48. The molecule has 0 saturated carbocycles. The van der Waals surface area contributed by atoms with Gasteiger partial charge in [0.05, 0.1) is 17.6 Å². The van der Waals surface area contributed by atoms with Crippen LogP contribution in [0.15, 0.2) is 12.2 Å². The van der Waals surface area contributed by atoms with Crippen molar-refractivity contribution in [1.29, 1.82) is 0 Å².